The highest BCUT2D eigenvalue weighted by atomic mass is 32.2. The fraction of sp³-hybridized carbons (Fsp3) is 0.269. The highest BCUT2D eigenvalue weighted by molar-refractivity contribution is 7.99. The molecule has 1 N–H and O–H groups in total. The molecule has 0 radical (unpaired) electrons. The number of carbonyl (C=O) groups is 1. The third-order valence-electron chi connectivity index (χ3n) is 6.16. The second-order valence-corrected chi connectivity index (χ2v) is 10.4. The molecule has 0 spiro atoms. The molecule has 7 heteroatoms. The van der Waals surface area contributed by atoms with Gasteiger partial charge in [-0.1, -0.05) is 36.0 Å². The number of rotatable bonds is 6. The van der Waals surface area contributed by atoms with E-state index in [0.29, 0.717) is 21.9 Å². The third-order valence-corrected chi connectivity index (χ3v) is 8.03. The number of thiophene rings is 1. The van der Waals surface area contributed by atoms with E-state index in [1.54, 1.807) is 4.57 Å². The zero-order valence-corrected chi connectivity index (χ0v) is 20.3. The lowest BCUT2D eigenvalue weighted by atomic mass is 10.1. The number of hydrogen-bond acceptors (Lipinski definition) is 5. The number of aromatic nitrogens is 2. The number of fused-ring (bicyclic) bond motifs is 2. The molecule has 4 aromatic rings. The van der Waals surface area contributed by atoms with Crippen LogP contribution in [-0.2, 0) is 24.2 Å². The SMILES string of the molecule is Cc1ccc(Cn2c(SCC(=O)Nc3ccc4c(c3)CCC4)nc3ccsc3c2=O)cc1C. The van der Waals surface area contributed by atoms with Crippen molar-refractivity contribution >= 4 is 44.9 Å². The van der Waals surface area contributed by atoms with E-state index in [9.17, 15) is 9.59 Å². The zero-order chi connectivity index (χ0) is 22.9. The molecule has 5 nitrogen and oxygen atoms in total. The van der Waals surface area contributed by atoms with Crippen molar-refractivity contribution in [2.45, 2.75) is 44.8 Å². The van der Waals surface area contributed by atoms with Crippen molar-refractivity contribution in [3.63, 3.8) is 0 Å². The van der Waals surface area contributed by atoms with Gasteiger partial charge in [0.1, 0.15) is 4.70 Å². The minimum atomic E-state index is -0.102. The van der Waals surface area contributed by atoms with E-state index >= 15 is 0 Å². The number of aryl methyl sites for hydroxylation is 4. The van der Waals surface area contributed by atoms with Crippen molar-refractivity contribution in [1.29, 1.82) is 0 Å². The molecular weight excluding hydrogens is 450 g/mol. The fourth-order valence-electron chi connectivity index (χ4n) is 4.23. The Bertz CT molecular complexity index is 1420. The topological polar surface area (TPSA) is 64.0 Å². The Morgan fingerprint density at radius 1 is 1.09 bits per heavy atom. The van der Waals surface area contributed by atoms with Gasteiger partial charge in [-0.25, -0.2) is 4.98 Å². The number of thioether (sulfide) groups is 1. The summed E-state index contributed by atoms with van der Waals surface area (Å²) >= 11 is 2.71. The van der Waals surface area contributed by atoms with E-state index in [-0.39, 0.29) is 17.2 Å². The van der Waals surface area contributed by atoms with Gasteiger partial charge in [0.15, 0.2) is 5.16 Å². The molecule has 168 valence electrons. The van der Waals surface area contributed by atoms with Crippen LogP contribution in [0.1, 0.15) is 34.2 Å². The van der Waals surface area contributed by atoms with Crippen LogP contribution in [0.3, 0.4) is 0 Å². The van der Waals surface area contributed by atoms with Crippen LogP contribution in [0.25, 0.3) is 10.2 Å². The Morgan fingerprint density at radius 2 is 1.94 bits per heavy atom. The Kier molecular flexibility index (Phi) is 6.08. The van der Waals surface area contributed by atoms with Crippen molar-refractivity contribution in [3.05, 3.63) is 86.0 Å². The van der Waals surface area contributed by atoms with E-state index in [1.165, 1.54) is 51.8 Å². The quantitative estimate of drug-likeness (QED) is 0.302. The van der Waals surface area contributed by atoms with Gasteiger partial charge in [-0.3, -0.25) is 14.2 Å². The first-order chi connectivity index (χ1) is 16.0. The molecule has 5 rings (SSSR count). The van der Waals surface area contributed by atoms with Crippen LogP contribution in [0.5, 0.6) is 0 Å². The lowest BCUT2D eigenvalue weighted by molar-refractivity contribution is -0.113. The monoisotopic (exact) mass is 475 g/mol. The molecule has 0 saturated carbocycles. The number of anilines is 1. The molecule has 0 saturated heterocycles. The number of hydrogen-bond donors (Lipinski definition) is 1. The van der Waals surface area contributed by atoms with Gasteiger partial charge in [-0.2, -0.15) is 0 Å². The summed E-state index contributed by atoms with van der Waals surface area (Å²) in [6.07, 6.45) is 3.37. The van der Waals surface area contributed by atoms with E-state index < -0.39 is 0 Å². The minimum absolute atomic E-state index is 0.0604. The first-order valence-corrected chi connectivity index (χ1v) is 12.9. The summed E-state index contributed by atoms with van der Waals surface area (Å²) in [7, 11) is 0. The maximum Gasteiger partial charge on any atom is 0.272 e. The van der Waals surface area contributed by atoms with Crippen molar-refractivity contribution in [1.82, 2.24) is 9.55 Å². The van der Waals surface area contributed by atoms with Crippen molar-refractivity contribution in [3.8, 4) is 0 Å². The summed E-state index contributed by atoms with van der Waals surface area (Å²) < 4.78 is 2.33. The Morgan fingerprint density at radius 3 is 2.79 bits per heavy atom. The van der Waals surface area contributed by atoms with Crippen LogP contribution in [0.15, 0.2) is 57.8 Å². The van der Waals surface area contributed by atoms with Crippen LogP contribution >= 0.6 is 23.1 Å². The standard InChI is InChI=1S/C26H25N3O2S2/c1-16-6-7-18(12-17(16)2)14-29-25(31)24-22(10-11-32-24)28-26(29)33-15-23(30)27-21-9-8-19-4-3-5-20(19)13-21/h6-13H,3-5,14-15H2,1-2H3,(H,27,30). The molecule has 0 atom stereocenters. The Labute approximate surface area is 200 Å². The number of amides is 1. The normalized spacial score (nSPS) is 12.8. The number of carbonyl (C=O) groups excluding carboxylic acids is 1. The van der Waals surface area contributed by atoms with Gasteiger partial charge in [-0.15, -0.1) is 11.3 Å². The van der Waals surface area contributed by atoms with E-state index in [1.807, 2.05) is 23.6 Å². The molecule has 2 heterocycles. The second kappa shape index (κ2) is 9.15. The van der Waals surface area contributed by atoms with Gasteiger partial charge in [0.25, 0.3) is 5.56 Å². The van der Waals surface area contributed by atoms with Crippen LogP contribution in [-0.4, -0.2) is 21.2 Å². The van der Waals surface area contributed by atoms with Crippen LogP contribution in [0.2, 0.25) is 0 Å². The number of nitrogens with one attached hydrogen (secondary N) is 1. The van der Waals surface area contributed by atoms with Crippen molar-refractivity contribution in [2.75, 3.05) is 11.1 Å². The van der Waals surface area contributed by atoms with E-state index in [0.717, 1.165) is 24.1 Å². The zero-order valence-electron chi connectivity index (χ0n) is 18.7. The smallest absolute Gasteiger partial charge is 0.272 e. The molecule has 33 heavy (non-hydrogen) atoms. The lowest BCUT2D eigenvalue weighted by Crippen LogP contribution is -2.24. The van der Waals surface area contributed by atoms with Gasteiger partial charge in [0.05, 0.1) is 17.8 Å². The maximum atomic E-state index is 13.2. The first kappa shape index (κ1) is 21.9. The van der Waals surface area contributed by atoms with Crippen LogP contribution < -0.4 is 10.9 Å². The highest BCUT2D eigenvalue weighted by Crippen LogP contribution is 2.26. The molecule has 2 aromatic carbocycles. The number of benzene rings is 2. The predicted octanol–water partition coefficient (Wildman–Crippen LogP) is 5.34. The maximum absolute atomic E-state index is 13.2. The van der Waals surface area contributed by atoms with Gasteiger partial charge in [0, 0.05) is 5.69 Å². The van der Waals surface area contributed by atoms with Gasteiger partial charge < -0.3 is 5.32 Å². The molecule has 1 amide bonds. The molecule has 1 aliphatic rings. The molecular formula is C26H25N3O2S2. The average molecular weight is 476 g/mol. The summed E-state index contributed by atoms with van der Waals surface area (Å²) in [6.45, 7) is 4.57. The largest absolute Gasteiger partial charge is 0.325 e. The fourth-order valence-corrected chi connectivity index (χ4v) is 5.81. The van der Waals surface area contributed by atoms with Crippen LogP contribution in [0.4, 0.5) is 5.69 Å². The lowest BCUT2D eigenvalue weighted by Gasteiger charge is -2.13. The average Bonchev–Trinajstić information content (AvgIpc) is 3.46. The van der Waals surface area contributed by atoms with Crippen LogP contribution in [0, 0.1) is 13.8 Å². The summed E-state index contributed by atoms with van der Waals surface area (Å²) in [5, 5.41) is 5.45. The molecule has 1 aliphatic carbocycles. The summed E-state index contributed by atoms with van der Waals surface area (Å²) in [5.41, 5.74) is 7.61. The van der Waals surface area contributed by atoms with Crippen molar-refractivity contribution in [2.24, 2.45) is 0 Å². The molecule has 0 unspecified atom stereocenters. The summed E-state index contributed by atoms with van der Waals surface area (Å²) in [4.78, 5) is 30.6. The molecule has 0 bridgehead atoms. The summed E-state index contributed by atoms with van der Waals surface area (Å²) in [6, 6.07) is 14.2. The van der Waals surface area contributed by atoms with Crippen molar-refractivity contribution < 1.29 is 4.79 Å². The highest BCUT2D eigenvalue weighted by Gasteiger charge is 2.16. The second-order valence-electron chi connectivity index (χ2n) is 8.51. The molecule has 2 aromatic heterocycles. The first-order valence-electron chi connectivity index (χ1n) is 11.1. The van der Waals surface area contributed by atoms with Gasteiger partial charge in [0.2, 0.25) is 5.91 Å². The predicted molar refractivity (Wildman–Crippen MR) is 137 cm³/mol. The van der Waals surface area contributed by atoms with Gasteiger partial charge in [-0.05, 0) is 84.5 Å². The van der Waals surface area contributed by atoms with Gasteiger partial charge >= 0.3 is 0 Å². The third kappa shape index (κ3) is 4.61. The Hall–Kier alpha value is -2.90. The minimum Gasteiger partial charge on any atom is -0.325 e. The Balaban J connectivity index is 1.37. The number of nitrogens with zero attached hydrogens (tertiary/aromatic N) is 2. The van der Waals surface area contributed by atoms with E-state index in [2.05, 4.69) is 43.4 Å². The van der Waals surface area contributed by atoms with E-state index in [4.69, 9.17) is 4.98 Å². The molecule has 0 aliphatic heterocycles. The molecule has 0 fully saturated rings. The summed E-state index contributed by atoms with van der Waals surface area (Å²) in [5.74, 6) is 0.0851.